The predicted octanol–water partition coefficient (Wildman–Crippen LogP) is 3.13. The van der Waals surface area contributed by atoms with Gasteiger partial charge in [0.1, 0.15) is 5.75 Å². The highest BCUT2D eigenvalue weighted by Gasteiger charge is 2.39. The zero-order valence-corrected chi connectivity index (χ0v) is 14.5. The van der Waals surface area contributed by atoms with Crippen LogP contribution in [0.1, 0.15) is 50.5 Å². The Morgan fingerprint density at radius 3 is 2.39 bits per heavy atom. The molecule has 0 aromatic heterocycles. The molecule has 5 heteroatoms. The molecule has 1 aromatic carbocycles. The molecule has 0 saturated heterocycles. The summed E-state index contributed by atoms with van der Waals surface area (Å²) in [5, 5.41) is 3.37. The van der Waals surface area contributed by atoms with Crippen molar-refractivity contribution in [2.45, 2.75) is 56.5 Å². The van der Waals surface area contributed by atoms with E-state index >= 15 is 0 Å². The Morgan fingerprint density at radius 2 is 1.87 bits per heavy atom. The molecule has 0 heterocycles. The van der Waals surface area contributed by atoms with E-state index in [0.717, 1.165) is 50.7 Å². The van der Waals surface area contributed by atoms with E-state index in [0.29, 0.717) is 0 Å². The molecular formula is C18H27ClN2O2. The van der Waals surface area contributed by atoms with Gasteiger partial charge in [-0.1, -0.05) is 25.0 Å². The first-order valence-corrected chi connectivity index (χ1v) is 8.35. The lowest BCUT2D eigenvalue weighted by molar-refractivity contribution is -0.127. The van der Waals surface area contributed by atoms with E-state index in [1.165, 1.54) is 5.56 Å². The first-order valence-electron chi connectivity index (χ1n) is 8.35. The van der Waals surface area contributed by atoms with Crippen molar-refractivity contribution in [2.75, 3.05) is 7.11 Å². The van der Waals surface area contributed by atoms with Crippen molar-refractivity contribution >= 4 is 18.3 Å². The molecule has 128 valence electrons. The van der Waals surface area contributed by atoms with Crippen LogP contribution in [0.25, 0.3) is 0 Å². The number of hydrogen-bond donors (Lipinski definition) is 2. The molecule has 2 saturated carbocycles. The molecule has 1 aromatic rings. The number of halogens is 1. The van der Waals surface area contributed by atoms with Gasteiger partial charge in [-0.3, -0.25) is 4.79 Å². The first kappa shape index (κ1) is 18.1. The second kappa shape index (κ2) is 7.54. The van der Waals surface area contributed by atoms with Crippen LogP contribution in [0.2, 0.25) is 0 Å². The molecule has 1 amide bonds. The van der Waals surface area contributed by atoms with Crippen LogP contribution in [0, 0.1) is 5.92 Å². The summed E-state index contributed by atoms with van der Waals surface area (Å²) in [5.74, 6) is 1.13. The number of benzene rings is 1. The van der Waals surface area contributed by atoms with Crippen molar-refractivity contribution in [1.29, 1.82) is 0 Å². The van der Waals surface area contributed by atoms with Crippen molar-refractivity contribution in [3.05, 3.63) is 29.8 Å². The van der Waals surface area contributed by atoms with E-state index in [2.05, 4.69) is 17.4 Å². The van der Waals surface area contributed by atoms with Gasteiger partial charge in [-0.15, -0.1) is 12.4 Å². The number of carbonyl (C=O) groups is 1. The molecule has 23 heavy (non-hydrogen) atoms. The molecule has 4 nitrogen and oxygen atoms in total. The molecule has 0 aliphatic heterocycles. The Hall–Kier alpha value is -1.26. The van der Waals surface area contributed by atoms with E-state index < -0.39 is 0 Å². The van der Waals surface area contributed by atoms with Gasteiger partial charge in [0.2, 0.25) is 5.91 Å². The lowest BCUT2D eigenvalue weighted by Gasteiger charge is -2.32. The normalized spacial score (nSPS) is 25.7. The molecule has 0 bridgehead atoms. The van der Waals surface area contributed by atoms with Gasteiger partial charge in [0.25, 0.3) is 0 Å². The topological polar surface area (TPSA) is 64.3 Å². The smallest absolute Gasteiger partial charge is 0.223 e. The fraction of sp³-hybridized carbons (Fsp3) is 0.611. The Morgan fingerprint density at radius 1 is 1.22 bits per heavy atom. The summed E-state index contributed by atoms with van der Waals surface area (Å²) in [6.45, 7) is 0. The van der Waals surface area contributed by atoms with Gasteiger partial charge in [-0.2, -0.15) is 0 Å². The number of methoxy groups -OCH3 is 1. The zero-order valence-electron chi connectivity index (χ0n) is 13.7. The summed E-state index contributed by atoms with van der Waals surface area (Å²) >= 11 is 0. The van der Waals surface area contributed by atoms with E-state index in [-0.39, 0.29) is 35.8 Å². The molecular weight excluding hydrogens is 312 g/mol. The standard InChI is InChI=1S/C18H26N2O2.ClH/c1-22-16-8-5-14(6-9-16)18(10-2-3-11-18)20-17(21)13-4-7-15(19)12-13;/h5-6,8-9,13,15H,2-4,7,10-12,19H2,1H3,(H,20,21);1H. The summed E-state index contributed by atoms with van der Waals surface area (Å²) in [4.78, 5) is 12.7. The van der Waals surface area contributed by atoms with Crippen LogP contribution >= 0.6 is 12.4 Å². The van der Waals surface area contributed by atoms with Gasteiger partial charge in [-0.25, -0.2) is 0 Å². The van der Waals surface area contributed by atoms with Gasteiger partial charge in [0, 0.05) is 12.0 Å². The maximum Gasteiger partial charge on any atom is 0.223 e. The summed E-state index contributed by atoms with van der Waals surface area (Å²) in [5.41, 5.74) is 6.95. The van der Waals surface area contributed by atoms with Crippen LogP contribution in [0.5, 0.6) is 5.75 Å². The molecule has 3 rings (SSSR count). The summed E-state index contributed by atoms with van der Waals surface area (Å²) in [6.07, 6.45) is 7.07. The van der Waals surface area contributed by atoms with Crippen molar-refractivity contribution in [3.8, 4) is 5.75 Å². The lowest BCUT2D eigenvalue weighted by atomic mass is 9.87. The van der Waals surface area contributed by atoms with Gasteiger partial charge in [-0.05, 0) is 49.8 Å². The fourth-order valence-electron chi connectivity index (χ4n) is 3.97. The maximum absolute atomic E-state index is 12.7. The Labute approximate surface area is 144 Å². The summed E-state index contributed by atoms with van der Waals surface area (Å²) < 4.78 is 5.24. The number of nitrogens with two attached hydrogens (primary N) is 1. The van der Waals surface area contributed by atoms with Crippen LogP contribution in [0.4, 0.5) is 0 Å². The Balaban J connectivity index is 0.00000192. The number of carbonyl (C=O) groups excluding carboxylic acids is 1. The largest absolute Gasteiger partial charge is 0.497 e. The van der Waals surface area contributed by atoms with Crippen LogP contribution < -0.4 is 15.8 Å². The average molecular weight is 339 g/mol. The molecule has 3 N–H and O–H groups in total. The Kier molecular flexibility index (Phi) is 5.93. The first-order chi connectivity index (χ1) is 10.6. The van der Waals surface area contributed by atoms with Crippen molar-refractivity contribution in [2.24, 2.45) is 11.7 Å². The van der Waals surface area contributed by atoms with Crippen LogP contribution in [-0.4, -0.2) is 19.1 Å². The van der Waals surface area contributed by atoms with E-state index in [1.54, 1.807) is 7.11 Å². The quantitative estimate of drug-likeness (QED) is 0.886. The van der Waals surface area contributed by atoms with E-state index in [4.69, 9.17) is 10.5 Å². The third kappa shape index (κ3) is 3.81. The molecule has 0 radical (unpaired) electrons. The minimum absolute atomic E-state index is 0. The molecule has 2 unspecified atom stereocenters. The van der Waals surface area contributed by atoms with Crippen molar-refractivity contribution in [1.82, 2.24) is 5.32 Å². The summed E-state index contributed by atoms with van der Waals surface area (Å²) in [6, 6.07) is 8.33. The molecule has 2 aliphatic carbocycles. The number of nitrogens with one attached hydrogen (secondary N) is 1. The van der Waals surface area contributed by atoms with Gasteiger partial charge >= 0.3 is 0 Å². The number of hydrogen-bond acceptors (Lipinski definition) is 3. The molecule has 2 fully saturated rings. The van der Waals surface area contributed by atoms with Crippen LogP contribution in [-0.2, 0) is 10.3 Å². The Bertz CT molecular complexity index is 526. The number of amides is 1. The predicted molar refractivity (Wildman–Crippen MR) is 93.8 cm³/mol. The number of ether oxygens (including phenoxy) is 1. The monoisotopic (exact) mass is 338 g/mol. The SMILES string of the molecule is COc1ccc(C2(NC(=O)C3CCC(N)C3)CCCC2)cc1.Cl. The summed E-state index contributed by atoms with van der Waals surface area (Å²) in [7, 11) is 1.67. The molecule has 2 atom stereocenters. The second-order valence-corrected chi connectivity index (χ2v) is 6.78. The van der Waals surface area contributed by atoms with Gasteiger partial charge in [0.05, 0.1) is 12.6 Å². The third-order valence-electron chi connectivity index (χ3n) is 5.31. The van der Waals surface area contributed by atoms with E-state index in [9.17, 15) is 4.79 Å². The van der Waals surface area contributed by atoms with Crippen molar-refractivity contribution < 1.29 is 9.53 Å². The zero-order chi connectivity index (χ0) is 15.6. The molecule has 0 spiro atoms. The maximum atomic E-state index is 12.7. The minimum atomic E-state index is -0.198. The van der Waals surface area contributed by atoms with Crippen LogP contribution in [0.15, 0.2) is 24.3 Å². The minimum Gasteiger partial charge on any atom is -0.497 e. The third-order valence-corrected chi connectivity index (χ3v) is 5.31. The highest BCUT2D eigenvalue weighted by Crippen LogP contribution is 2.40. The van der Waals surface area contributed by atoms with Gasteiger partial charge < -0.3 is 15.8 Å². The highest BCUT2D eigenvalue weighted by atomic mass is 35.5. The lowest BCUT2D eigenvalue weighted by Crippen LogP contribution is -2.46. The number of rotatable bonds is 4. The van der Waals surface area contributed by atoms with Gasteiger partial charge in [0.15, 0.2) is 0 Å². The highest BCUT2D eigenvalue weighted by molar-refractivity contribution is 5.85. The second-order valence-electron chi connectivity index (χ2n) is 6.78. The van der Waals surface area contributed by atoms with Crippen LogP contribution in [0.3, 0.4) is 0 Å². The van der Waals surface area contributed by atoms with Crippen molar-refractivity contribution in [3.63, 3.8) is 0 Å². The fourth-order valence-corrected chi connectivity index (χ4v) is 3.97. The van der Waals surface area contributed by atoms with E-state index in [1.807, 2.05) is 12.1 Å². The average Bonchev–Trinajstić information content (AvgIpc) is 3.17. The molecule has 2 aliphatic rings.